The molecule has 2 saturated carbocycles. The van der Waals surface area contributed by atoms with Gasteiger partial charge in [0.15, 0.2) is 5.79 Å². The highest BCUT2D eigenvalue weighted by Gasteiger charge is 2.47. The van der Waals surface area contributed by atoms with Crippen LogP contribution in [0.2, 0.25) is 0 Å². The van der Waals surface area contributed by atoms with Gasteiger partial charge in [-0.15, -0.1) is 13.2 Å². The molecule has 2 aliphatic carbocycles. The second-order valence-corrected chi connectivity index (χ2v) is 9.41. The minimum atomic E-state index is -0.267. The Labute approximate surface area is 167 Å². The van der Waals surface area contributed by atoms with Crippen LogP contribution in [-0.2, 0) is 9.47 Å². The molecule has 154 valence electrons. The first-order valence-corrected chi connectivity index (χ1v) is 11.4. The second-order valence-electron chi connectivity index (χ2n) is 9.41. The van der Waals surface area contributed by atoms with Crippen molar-refractivity contribution in [2.75, 3.05) is 26.2 Å². The van der Waals surface area contributed by atoms with E-state index in [2.05, 4.69) is 25.0 Å². The predicted molar refractivity (Wildman–Crippen MR) is 113 cm³/mol. The van der Waals surface area contributed by atoms with Crippen molar-refractivity contribution >= 4 is 0 Å². The molecule has 3 aliphatic rings. The molecule has 3 heteroatoms. The number of hydrogen-bond donors (Lipinski definition) is 0. The molecule has 0 N–H and O–H groups in total. The van der Waals surface area contributed by atoms with E-state index < -0.39 is 0 Å². The first kappa shape index (κ1) is 21.1. The maximum absolute atomic E-state index is 6.50. The van der Waals surface area contributed by atoms with Gasteiger partial charge >= 0.3 is 0 Å². The van der Waals surface area contributed by atoms with Crippen molar-refractivity contribution in [3.8, 4) is 0 Å². The van der Waals surface area contributed by atoms with Crippen LogP contribution in [0.3, 0.4) is 0 Å². The Morgan fingerprint density at radius 3 is 2.41 bits per heavy atom. The van der Waals surface area contributed by atoms with Crippen molar-refractivity contribution in [2.45, 2.75) is 89.4 Å². The maximum Gasteiger partial charge on any atom is 0.168 e. The quantitative estimate of drug-likeness (QED) is 0.482. The van der Waals surface area contributed by atoms with Crippen LogP contribution in [0, 0.1) is 11.3 Å². The zero-order valence-electron chi connectivity index (χ0n) is 17.6. The molecule has 0 radical (unpaired) electrons. The van der Waals surface area contributed by atoms with Crippen LogP contribution in [0.5, 0.6) is 0 Å². The summed E-state index contributed by atoms with van der Waals surface area (Å²) in [4.78, 5) is 2.43. The standard InChI is InChI=1S/C24H41NO2/c1-4-6-18-25(17-5-2)19-12-22-20-26-24(27-22)15-10-21(11-16-24)23(3)13-8-7-9-14-23/h4-5,21-22H,1-2,6-20H2,3H3. The van der Waals surface area contributed by atoms with Crippen molar-refractivity contribution in [2.24, 2.45) is 11.3 Å². The van der Waals surface area contributed by atoms with Crippen LogP contribution >= 0.6 is 0 Å². The van der Waals surface area contributed by atoms with Crippen LogP contribution in [0.4, 0.5) is 0 Å². The number of nitrogens with zero attached hydrogens (tertiary/aromatic N) is 1. The summed E-state index contributed by atoms with van der Waals surface area (Å²) in [5.41, 5.74) is 0.578. The Morgan fingerprint density at radius 2 is 1.74 bits per heavy atom. The van der Waals surface area contributed by atoms with Gasteiger partial charge in [0.2, 0.25) is 0 Å². The lowest BCUT2D eigenvalue weighted by molar-refractivity contribution is -0.199. The molecule has 0 aromatic rings. The van der Waals surface area contributed by atoms with E-state index in [9.17, 15) is 0 Å². The van der Waals surface area contributed by atoms with Crippen LogP contribution in [0.1, 0.15) is 77.6 Å². The summed E-state index contributed by atoms with van der Waals surface area (Å²) in [5, 5.41) is 0. The molecule has 1 unspecified atom stereocenters. The lowest BCUT2D eigenvalue weighted by Gasteiger charge is -2.46. The highest BCUT2D eigenvalue weighted by Crippen LogP contribution is 2.51. The monoisotopic (exact) mass is 375 g/mol. The Bertz CT molecular complexity index is 475. The summed E-state index contributed by atoms with van der Waals surface area (Å²) in [7, 11) is 0. The predicted octanol–water partition coefficient (Wildman–Crippen LogP) is 5.71. The molecule has 1 atom stereocenters. The third-order valence-corrected chi connectivity index (χ3v) is 7.45. The average Bonchev–Trinajstić information content (AvgIpc) is 3.07. The summed E-state index contributed by atoms with van der Waals surface area (Å²) in [6.45, 7) is 14.1. The minimum absolute atomic E-state index is 0.253. The normalized spacial score (nSPS) is 33.4. The van der Waals surface area contributed by atoms with E-state index in [1.54, 1.807) is 0 Å². The van der Waals surface area contributed by atoms with E-state index in [1.807, 2.05) is 12.2 Å². The summed E-state index contributed by atoms with van der Waals surface area (Å²) >= 11 is 0. The van der Waals surface area contributed by atoms with Crippen molar-refractivity contribution in [3.63, 3.8) is 0 Å². The van der Waals surface area contributed by atoms with Gasteiger partial charge in [-0.2, -0.15) is 0 Å². The van der Waals surface area contributed by atoms with Gasteiger partial charge in [0.05, 0.1) is 12.7 Å². The Kier molecular flexibility index (Phi) is 7.58. The average molecular weight is 376 g/mol. The van der Waals surface area contributed by atoms with E-state index in [4.69, 9.17) is 9.47 Å². The van der Waals surface area contributed by atoms with Crippen LogP contribution in [0.15, 0.2) is 25.3 Å². The fourth-order valence-electron chi connectivity index (χ4n) is 5.62. The van der Waals surface area contributed by atoms with Crippen LogP contribution < -0.4 is 0 Å². The molecular weight excluding hydrogens is 334 g/mol. The smallest absolute Gasteiger partial charge is 0.168 e. The third kappa shape index (κ3) is 5.46. The minimum Gasteiger partial charge on any atom is -0.347 e. The topological polar surface area (TPSA) is 21.7 Å². The van der Waals surface area contributed by atoms with E-state index >= 15 is 0 Å². The van der Waals surface area contributed by atoms with Gasteiger partial charge < -0.3 is 9.47 Å². The van der Waals surface area contributed by atoms with Gasteiger partial charge in [-0.25, -0.2) is 0 Å². The molecule has 1 aliphatic heterocycles. The van der Waals surface area contributed by atoms with Gasteiger partial charge in [-0.05, 0) is 49.9 Å². The largest absolute Gasteiger partial charge is 0.347 e. The van der Waals surface area contributed by atoms with E-state index in [1.165, 1.54) is 44.9 Å². The van der Waals surface area contributed by atoms with Crippen LogP contribution in [-0.4, -0.2) is 43.0 Å². The lowest BCUT2D eigenvalue weighted by atomic mass is 9.62. The highest BCUT2D eigenvalue weighted by molar-refractivity contribution is 4.93. The number of hydrogen-bond acceptors (Lipinski definition) is 3. The van der Waals surface area contributed by atoms with Crippen molar-refractivity contribution < 1.29 is 9.47 Å². The molecule has 0 aromatic heterocycles. The zero-order chi connectivity index (χ0) is 19.2. The SMILES string of the molecule is C=CCCN(CC=C)CCC1COC2(CCC(C3(C)CCCCC3)CC2)O1. The van der Waals surface area contributed by atoms with Crippen LogP contribution in [0.25, 0.3) is 0 Å². The molecule has 1 saturated heterocycles. The summed E-state index contributed by atoms with van der Waals surface area (Å²) < 4.78 is 12.8. The van der Waals surface area contributed by atoms with Crippen molar-refractivity contribution in [1.82, 2.24) is 4.90 Å². The highest BCUT2D eigenvalue weighted by atomic mass is 16.7. The van der Waals surface area contributed by atoms with E-state index in [0.717, 1.165) is 57.8 Å². The summed E-state index contributed by atoms with van der Waals surface area (Å²) in [5.74, 6) is 0.605. The van der Waals surface area contributed by atoms with Gasteiger partial charge in [-0.3, -0.25) is 4.90 Å². The molecule has 1 spiro atoms. The van der Waals surface area contributed by atoms with Gasteiger partial charge in [0.25, 0.3) is 0 Å². The van der Waals surface area contributed by atoms with Crippen molar-refractivity contribution in [3.05, 3.63) is 25.3 Å². The lowest BCUT2D eigenvalue weighted by Crippen LogP contribution is -2.41. The van der Waals surface area contributed by atoms with Crippen molar-refractivity contribution in [1.29, 1.82) is 0 Å². The fourth-order valence-corrected chi connectivity index (χ4v) is 5.62. The maximum atomic E-state index is 6.50. The molecule has 0 aromatic carbocycles. The third-order valence-electron chi connectivity index (χ3n) is 7.45. The Hall–Kier alpha value is -0.640. The molecule has 27 heavy (non-hydrogen) atoms. The van der Waals surface area contributed by atoms with Gasteiger partial charge in [0.1, 0.15) is 0 Å². The van der Waals surface area contributed by atoms with Gasteiger partial charge in [-0.1, -0.05) is 38.3 Å². The molecule has 1 heterocycles. The van der Waals surface area contributed by atoms with E-state index in [-0.39, 0.29) is 11.9 Å². The zero-order valence-corrected chi connectivity index (χ0v) is 17.6. The van der Waals surface area contributed by atoms with E-state index in [0.29, 0.717) is 5.41 Å². The fraction of sp³-hybridized carbons (Fsp3) is 0.833. The molecule has 0 amide bonds. The number of rotatable bonds is 9. The first-order valence-electron chi connectivity index (χ1n) is 11.4. The summed E-state index contributed by atoms with van der Waals surface area (Å²) in [6.07, 6.45) is 18.2. The van der Waals surface area contributed by atoms with Gasteiger partial charge in [0, 0.05) is 32.5 Å². The molecule has 3 fully saturated rings. The molecular formula is C24H41NO2. The molecule has 3 nitrogen and oxygen atoms in total. The molecule has 0 bridgehead atoms. The Morgan fingerprint density at radius 1 is 1.00 bits per heavy atom. The number of ether oxygens (including phenoxy) is 2. The Balaban J connectivity index is 1.44. The summed E-state index contributed by atoms with van der Waals surface area (Å²) in [6, 6.07) is 0. The second kappa shape index (κ2) is 9.71. The molecule has 3 rings (SSSR count). The first-order chi connectivity index (χ1) is 13.1.